The summed E-state index contributed by atoms with van der Waals surface area (Å²) in [5.74, 6) is -6.13. The zero-order valence-corrected chi connectivity index (χ0v) is 22.8. The van der Waals surface area contributed by atoms with Gasteiger partial charge in [0, 0.05) is 31.5 Å². The molecule has 10 nitrogen and oxygen atoms in total. The van der Waals surface area contributed by atoms with Crippen molar-refractivity contribution in [1.82, 2.24) is 20.0 Å². The quantitative estimate of drug-likeness (QED) is 0.285. The fourth-order valence-corrected chi connectivity index (χ4v) is 5.56. The molecule has 0 spiro atoms. The molecule has 0 amide bonds. The average molecular weight is 596 g/mol. The topological polar surface area (TPSA) is 129 Å². The van der Waals surface area contributed by atoms with Crippen LogP contribution < -0.4 is 0 Å². The van der Waals surface area contributed by atoms with E-state index in [1.165, 1.54) is 37.0 Å². The maximum absolute atomic E-state index is 13.9. The third-order valence-electron chi connectivity index (χ3n) is 6.01. The number of rotatable bonds is 7. The van der Waals surface area contributed by atoms with E-state index in [4.69, 9.17) is 31.1 Å². The number of thioether (sulfide) groups is 1. The third kappa shape index (κ3) is 6.38. The second-order valence-corrected chi connectivity index (χ2v) is 10.4. The summed E-state index contributed by atoms with van der Waals surface area (Å²) >= 11 is 7.33. The minimum Gasteiger partial charge on any atom is -0.463 e. The van der Waals surface area contributed by atoms with E-state index in [1.807, 2.05) is 6.07 Å². The van der Waals surface area contributed by atoms with Crippen molar-refractivity contribution in [1.29, 1.82) is 5.26 Å². The normalized spacial score (nSPS) is 22.4. The SMILES string of the molecule is CC(=O)OCC1O[C@H](Sc2cc(Cl)c(C#N)cn2)C(C)[C@@H](n2cc(-c3cc(F)c(F)c(F)c3)nn2)[C@H]1OC(C)=O. The number of benzene rings is 1. The summed E-state index contributed by atoms with van der Waals surface area (Å²) in [5.41, 5.74) is -0.542. The van der Waals surface area contributed by atoms with Gasteiger partial charge in [0.15, 0.2) is 23.6 Å². The molecule has 2 unspecified atom stereocenters. The summed E-state index contributed by atoms with van der Waals surface area (Å²) < 4.78 is 59.6. The molecule has 4 rings (SSSR count). The Morgan fingerprint density at radius 3 is 2.50 bits per heavy atom. The molecule has 1 aliphatic heterocycles. The lowest BCUT2D eigenvalue weighted by molar-refractivity contribution is -0.191. The maximum Gasteiger partial charge on any atom is 0.303 e. The predicted octanol–water partition coefficient (Wildman–Crippen LogP) is 4.47. The van der Waals surface area contributed by atoms with Crippen molar-refractivity contribution in [2.45, 2.75) is 49.5 Å². The first-order valence-corrected chi connectivity index (χ1v) is 13.0. The second-order valence-electron chi connectivity index (χ2n) is 8.84. The Balaban J connectivity index is 1.73. The molecule has 1 aliphatic rings. The van der Waals surface area contributed by atoms with Crippen LogP contribution in [0.15, 0.2) is 35.6 Å². The van der Waals surface area contributed by atoms with Crippen LogP contribution in [0.2, 0.25) is 5.02 Å². The van der Waals surface area contributed by atoms with Crippen LogP contribution in [0.3, 0.4) is 0 Å². The fraction of sp³-hybridized carbons (Fsp3) is 0.360. The van der Waals surface area contributed by atoms with E-state index in [1.54, 1.807) is 6.92 Å². The van der Waals surface area contributed by atoms with Gasteiger partial charge in [0.05, 0.1) is 22.8 Å². The zero-order valence-electron chi connectivity index (χ0n) is 21.2. The summed E-state index contributed by atoms with van der Waals surface area (Å²) in [6.45, 7) is 3.92. The van der Waals surface area contributed by atoms with Gasteiger partial charge < -0.3 is 14.2 Å². The van der Waals surface area contributed by atoms with Crippen LogP contribution in [0.5, 0.6) is 0 Å². The largest absolute Gasteiger partial charge is 0.463 e. The molecule has 40 heavy (non-hydrogen) atoms. The van der Waals surface area contributed by atoms with Crippen LogP contribution in [0.25, 0.3) is 11.3 Å². The van der Waals surface area contributed by atoms with Crippen molar-refractivity contribution < 1.29 is 37.0 Å². The molecule has 0 aliphatic carbocycles. The number of esters is 2. The highest BCUT2D eigenvalue weighted by molar-refractivity contribution is 7.99. The summed E-state index contributed by atoms with van der Waals surface area (Å²) in [7, 11) is 0. The Morgan fingerprint density at radius 1 is 1.20 bits per heavy atom. The highest BCUT2D eigenvalue weighted by atomic mass is 35.5. The molecule has 0 bridgehead atoms. The fourth-order valence-electron chi connectivity index (χ4n) is 4.19. The van der Waals surface area contributed by atoms with Crippen LogP contribution in [0, 0.1) is 34.7 Å². The molecular weight excluding hydrogens is 575 g/mol. The number of carbonyl (C=O) groups excluding carboxylic acids is 2. The van der Waals surface area contributed by atoms with Crippen molar-refractivity contribution in [3.63, 3.8) is 0 Å². The van der Waals surface area contributed by atoms with Crippen LogP contribution >= 0.6 is 23.4 Å². The van der Waals surface area contributed by atoms with Crippen LogP contribution in [-0.2, 0) is 23.8 Å². The first-order chi connectivity index (χ1) is 19.0. The number of halogens is 4. The number of hydrogen-bond acceptors (Lipinski definition) is 10. The third-order valence-corrected chi connectivity index (χ3v) is 7.56. The van der Waals surface area contributed by atoms with Crippen LogP contribution in [-0.4, -0.2) is 56.2 Å². The van der Waals surface area contributed by atoms with Crippen molar-refractivity contribution in [3.8, 4) is 17.3 Å². The Hall–Kier alpha value is -3.67. The molecule has 15 heteroatoms. The molecule has 0 saturated carbocycles. The van der Waals surface area contributed by atoms with Gasteiger partial charge in [0.1, 0.15) is 34.9 Å². The number of nitrogens with zero attached hydrogens (tertiary/aromatic N) is 5. The van der Waals surface area contributed by atoms with Gasteiger partial charge in [0.25, 0.3) is 0 Å². The van der Waals surface area contributed by atoms with E-state index in [9.17, 15) is 22.8 Å². The molecule has 0 radical (unpaired) electrons. The van der Waals surface area contributed by atoms with E-state index < -0.39 is 59.0 Å². The monoisotopic (exact) mass is 595 g/mol. The van der Waals surface area contributed by atoms with Crippen molar-refractivity contribution in [3.05, 3.63) is 58.6 Å². The number of nitriles is 1. The number of hydrogen-bond donors (Lipinski definition) is 0. The molecule has 1 fully saturated rings. The Bertz CT molecular complexity index is 1460. The van der Waals surface area contributed by atoms with Gasteiger partial charge in [-0.1, -0.05) is 35.5 Å². The molecule has 2 aromatic heterocycles. The standard InChI is InChI=1S/C25H21ClF3N5O5S/c1-11-23(34-9-19(32-33-34)14-4-17(27)22(29)18(28)5-14)24(38-13(3)36)20(10-37-12(2)35)39-25(11)40-21-6-16(26)15(7-30)8-31-21/h4-6,8-9,11,20,23-25H,10H2,1-3H3/t11?,20?,23-,24+,25-/m1/s1. The summed E-state index contributed by atoms with van der Waals surface area (Å²) in [6, 6.07) is 4.22. The van der Waals surface area contributed by atoms with Gasteiger partial charge in [-0.25, -0.2) is 22.8 Å². The minimum atomic E-state index is -1.62. The number of aromatic nitrogens is 4. The molecular formula is C25H21ClF3N5O5S. The van der Waals surface area contributed by atoms with Gasteiger partial charge in [-0.2, -0.15) is 5.26 Å². The Kier molecular flexibility index (Phi) is 8.97. The molecule has 1 aromatic carbocycles. The number of ether oxygens (including phenoxy) is 3. The summed E-state index contributed by atoms with van der Waals surface area (Å²) in [5, 5.41) is 17.8. The van der Waals surface area contributed by atoms with E-state index in [0.29, 0.717) is 5.03 Å². The smallest absolute Gasteiger partial charge is 0.303 e. The van der Waals surface area contributed by atoms with Crippen LogP contribution in [0.4, 0.5) is 13.2 Å². The first-order valence-electron chi connectivity index (χ1n) is 11.7. The molecule has 1 saturated heterocycles. The van der Waals surface area contributed by atoms with Crippen molar-refractivity contribution in [2.75, 3.05) is 6.61 Å². The van der Waals surface area contributed by atoms with Crippen molar-refractivity contribution in [2.24, 2.45) is 5.92 Å². The second kappa shape index (κ2) is 12.2. The van der Waals surface area contributed by atoms with Gasteiger partial charge >= 0.3 is 11.9 Å². The Labute approximate surface area is 235 Å². The zero-order chi connectivity index (χ0) is 29.1. The Morgan fingerprint density at radius 2 is 1.90 bits per heavy atom. The molecule has 5 atom stereocenters. The van der Waals surface area contributed by atoms with Gasteiger partial charge in [-0.15, -0.1) is 5.10 Å². The van der Waals surface area contributed by atoms with Gasteiger partial charge in [-0.05, 0) is 18.2 Å². The van der Waals surface area contributed by atoms with E-state index in [-0.39, 0.29) is 28.5 Å². The first kappa shape index (κ1) is 29.3. The molecule has 210 valence electrons. The lowest BCUT2D eigenvalue weighted by atomic mass is 9.90. The number of pyridine rings is 1. The summed E-state index contributed by atoms with van der Waals surface area (Å²) in [4.78, 5) is 27.9. The molecule has 3 aromatic rings. The molecule has 3 heterocycles. The molecule has 0 N–H and O–H groups in total. The maximum atomic E-state index is 13.9. The lowest BCUT2D eigenvalue weighted by Crippen LogP contribution is -2.53. The summed E-state index contributed by atoms with van der Waals surface area (Å²) in [6.07, 6.45) is 0.695. The highest BCUT2D eigenvalue weighted by Crippen LogP contribution is 2.43. The lowest BCUT2D eigenvalue weighted by Gasteiger charge is -2.44. The van der Waals surface area contributed by atoms with E-state index >= 15 is 0 Å². The van der Waals surface area contributed by atoms with Crippen LogP contribution in [0.1, 0.15) is 32.4 Å². The predicted molar refractivity (Wildman–Crippen MR) is 134 cm³/mol. The highest BCUT2D eigenvalue weighted by Gasteiger charge is 2.48. The van der Waals surface area contributed by atoms with Gasteiger partial charge in [0.2, 0.25) is 0 Å². The van der Waals surface area contributed by atoms with Crippen molar-refractivity contribution >= 4 is 35.3 Å². The average Bonchev–Trinajstić information content (AvgIpc) is 3.37. The minimum absolute atomic E-state index is 0.0272. The van der Waals surface area contributed by atoms with Gasteiger partial charge in [-0.3, -0.25) is 9.59 Å². The number of carbonyl (C=O) groups is 2. The van der Waals surface area contributed by atoms with E-state index in [0.717, 1.165) is 23.9 Å². The van der Waals surface area contributed by atoms with E-state index in [2.05, 4.69) is 15.3 Å².